The van der Waals surface area contributed by atoms with Gasteiger partial charge in [-0.25, -0.2) is 0 Å². The molecule has 26 heavy (non-hydrogen) atoms. The molecule has 0 unspecified atom stereocenters. The molecule has 0 saturated carbocycles. The van der Waals surface area contributed by atoms with E-state index < -0.39 is 17.7 Å². The summed E-state index contributed by atoms with van der Waals surface area (Å²) in [6, 6.07) is 15.3. The molecule has 1 atom stereocenters. The van der Waals surface area contributed by atoms with Crippen LogP contribution in [0, 0.1) is 0 Å². The van der Waals surface area contributed by atoms with E-state index in [1.54, 1.807) is 24.3 Å². The largest absolute Gasteiger partial charge is 0.507 e. The van der Waals surface area contributed by atoms with Gasteiger partial charge in [0.25, 0.3) is 11.7 Å². The van der Waals surface area contributed by atoms with Gasteiger partial charge >= 0.3 is 0 Å². The van der Waals surface area contributed by atoms with Crippen LogP contribution in [-0.4, -0.2) is 40.0 Å². The van der Waals surface area contributed by atoms with Crippen LogP contribution in [0.5, 0.6) is 0 Å². The van der Waals surface area contributed by atoms with E-state index in [0.717, 1.165) is 10.0 Å². The van der Waals surface area contributed by atoms with Gasteiger partial charge in [0, 0.05) is 23.2 Å². The van der Waals surface area contributed by atoms with Crippen molar-refractivity contribution in [2.75, 3.05) is 13.2 Å². The lowest BCUT2D eigenvalue weighted by atomic mass is 9.95. The van der Waals surface area contributed by atoms with Crippen molar-refractivity contribution in [3.8, 4) is 0 Å². The second-order valence-corrected chi connectivity index (χ2v) is 6.90. The minimum atomic E-state index is -0.711. The Kier molecular flexibility index (Phi) is 5.54. The highest BCUT2D eigenvalue weighted by Gasteiger charge is 2.45. The van der Waals surface area contributed by atoms with Crippen LogP contribution in [-0.2, 0) is 9.59 Å². The Bertz CT molecular complexity index is 846. The summed E-state index contributed by atoms with van der Waals surface area (Å²) < 4.78 is 0.872. The molecule has 1 amide bonds. The summed E-state index contributed by atoms with van der Waals surface area (Å²) in [6.07, 6.45) is 0.353. The van der Waals surface area contributed by atoms with Gasteiger partial charge in [-0.15, -0.1) is 0 Å². The molecule has 2 aromatic rings. The lowest BCUT2D eigenvalue weighted by molar-refractivity contribution is -0.140. The summed E-state index contributed by atoms with van der Waals surface area (Å²) in [7, 11) is 0. The number of benzene rings is 2. The van der Waals surface area contributed by atoms with Gasteiger partial charge in [0.1, 0.15) is 5.76 Å². The third-order valence-electron chi connectivity index (χ3n) is 4.33. The van der Waals surface area contributed by atoms with Crippen LogP contribution in [0.2, 0.25) is 0 Å². The summed E-state index contributed by atoms with van der Waals surface area (Å²) in [5.41, 5.74) is 1.28. The van der Waals surface area contributed by atoms with Crippen LogP contribution >= 0.6 is 15.9 Å². The van der Waals surface area contributed by atoms with Gasteiger partial charge in [-0.2, -0.15) is 0 Å². The highest BCUT2D eigenvalue weighted by Crippen LogP contribution is 2.39. The summed E-state index contributed by atoms with van der Waals surface area (Å²) in [4.78, 5) is 26.6. The Morgan fingerprint density at radius 2 is 1.69 bits per heavy atom. The van der Waals surface area contributed by atoms with Gasteiger partial charge < -0.3 is 15.1 Å². The number of aliphatic hydroxyl groups is 2. The number of rotatable bonds is 5. The van der Waals surface area contributed by atoms with Crippen LogP contribution in [0.3, 0.4) is 0 Å². The molecule has 1 aliphatic heterocycles. The molecule has 1 aliphatic rings. The standard InChI is InChI=1S/C20H18BrNO4/c21-15-9-7-13(8-10-15)17-16(18(24)14-5-2-1-3-6-14)19(25)20(26)22(17)11-4-12-23/h1-3,5-10,17,23-24H,4,11-12H2/t17-/m0/s1. The van der Waals surface area contributed by atoms with E-state index in [1.807, 2.05) is 30.3 Å². The fourth-order valence-electron chi connectivity index (χ4n) is 3.09. The SMILES string of the molecule is O=C1C(=O)N(CCCO)[C@@H](c2ccc(Br)cc2)C1=C(O)c1ccccc1. The predicted molar refractivity (Wildman–Crippen MR) is 101 cm³/mol. The summed E-state index contributed by atoms with van der Waals surface area (Å²) >= 11 is 3.37. The smallest absolute Gasteiger partial charge is 0.295 e. The second-order valence-electron chi connectivity index (χ2n) is 5.99. The minimum Gasteiger partial charge on any atom is -0.507 e. The van der Waals surface area contributed by atoms with Gasteiger partial charge in [0.2, 0.25) is 0 Å². The van der Waals surface area contributed by atoms with Crippen molar-refractivity contribution in [2.45, 2.75) is 12.5 Å². The van der Waals surface area contributed by atoms with Crippen molar-refractivity contribution in [3.05, 3.63) is 75.8 Å². The van der Waals surface area contributed by atoms with E-state index in [0.29, 0.717) is 12.0 Å². The van der Waals surface area contributed by atoms with Crippen molar-refractivity contribution in [1.29, 1.82) is 0 Å². The number of halogens is 1. The number of amides is 1. The molecule has 2 N–H and O–H groups in total. The number of aliphatic hydroxyl groups excluding tert-OH is 2. The monoisotopic (exact) mass is 415 g/mol. The van der Waals surface area contributed by atoms with Gasteiger partial charge in [-0.1, -0.05) is 58.4 Å². The lowest BCUT2D eigenvalue weighted by Gasteiger charge is -2.25. The Labute approximate surface area is 159 Å². The number of carbonyl (C=O) groups excluding carboxylic acids is 2. The topological polar surface area (TPSA) is 77.8 Å². The molecule has 0 aliphatic carbocycles. The van der Waals surface area contributed by atoms with E-state index in [-0.39, 0.29) is 24.5 Å². The maximum atomic E-state index is 12.7. The predicted octanol–water partition coefficient (Wildman–Crippen LogP) is 3.25. The molecule has 134 valence electrons. The van der Waals surface area contributed by atoms with Crippen molar-refractivity contribution < 1.29 is 19.8 Å². The molecule has 2 aromatic carbocycles. The molecule has 3 rings (SSSR count). The van der Waals surface area contributed by atoms with Crippen molar-refractivity contribution >= 4 is 33.4 Å². The van der Waals surface area contributed by atoms with Crippen molar-refractivity contribution in [1.82, 2.24) is 4.90 Å². The number of Topliss-reactive ketones (excluding diaryl/α,β-unsaturated/α-hetero) is 1. The van der Waals surface area contributed by atoms with Gasteiger partial charge in [-0.3, -0.25) is 9.59 Å². The first-order chi connectivity index (χ1) is 12.5. The first kappa shape index (κ1) is 18.4. The van der Waals surface area contributed by atoms with Crippen LogP contribution in [0.15, 0.2) is 64.6 Å². The Balaban J connectivity index is 2.15. The summed E-state index contributed by atoms with van der Waals surface area (Å²) in [6.45, 7) is 0.141. The molecule has 0 radical (unpaired) electrons. The van der Waals surface area contributed by atoms with Crippen LogP contribution in [0.1, 0.15) is 23.6 Å². The number of ketones is 1. The quantitative estimate of drug-likeness (QED) is 0.446. The molecule has 1 saturated heterocycles. The number of carbonyl (C=O) groups is 2. The Morgan fingerprint density at radius 3 is 2.31 bits per heavy atom. The molecular formula is C20H18BrNO4. The van der Waals surface area contributed by atoms with E-state index in [9.17, 15) is 14.7 Å². The lowest BCUT2D eigenvalue weighted by Crippen LogP contribution is -2.31. The maximum Gasteiger partial charge on any atom is 0.295 e. The van der Waals surface area contributed by atoms with Crippen LogP contribution in [0.4, 0.5) is 0 Å². The Hall–Kier alpha value is -2.44. The van der Waals surface area contributed by atoms with Crippen molar-refractivity contribution in [3.63, 3.8) is 0 Å². The van der Waals surface area contributed by atoms with E-state index in [1.165, 1.54) is 4.90 Å². The van der Waals surface area contributed by atoms with Crippen LogP contribution in [0.25, 0.3) is 5.76 Å². The molecule has 0 spiro atoms. The van der Waals surface area contributed by atoms with Gasteiger partial charge in [0.05, 0.1) is 11.6 Å². The normalized spacial score (nSPS) is 19.2. The molecular weight excluding hydrogens is 398 g/mol. The average molecular weight is 416 g/mol. The van der Waals surface area contributed by atoms with E-state index >= 15 is 0 Å². The zero-order valence-electron chi connectivity index (χ0n) is 13.9. The second kappa shape index (κ2) is 7.85. The summed E-state index contributed by atoms with van der Waals surface area (Å²) in [5.74, 6) is -1.57. The zero-order valence-corrected chi connectivity index (χ0v) is 15.5. The fraction of sp³-hybridized carbons (Fsp3) is 0.200. The maximum absolute atomic E-state index is 12.7. The molecule has 0 aromatic heterocycles. The number of nitrogens with zero attached hydrogens (tertiary/aromatic N) is 1. The first-order valence-corrected chi connectivity index (χ1v) is 9.04. The fourth-order valence-corrected chi connectivity index (χ4v) is 3.36. The Morgan fingerprint density at radius 1 is 1.04 bits per heavy atom. The number of likely N-dealkylation sites (tertiary alicyclic amines) is 1. The van der Waals surface area contributed by atoms with Crippen LogP contribution < -0.4 is 0 Å². The molecule has 1 heterocycles. The minimum absolute atomic E-state index is 0.0708. The van der Waals surface area contributed by atoms with Gasteiger partial charge in [-0.05, 0) is 24.1 Å². The molecule has 5 nitrogen and oxygen atoms in total. The zero-order chi connectivity index (χ0) is 18.7. The number of hydrogen-bond donors (Lipinski definition) is 2. The highest BCUT2D eigenvalue weighted by molar-refractivity contribution is 9.10. The molecule has 0 bridgehead atoms. The van der Waals surface area contributed by atoms with E-state index in [2.05, 4.69) is 15.9 Å². The third kappa shape index (κ3) is 3.43. The van der Waals surface area contributed by atoms with Crippen molar-refractivity contribution in [2.24, 2.45) is 0 Å². The summed E-state index contributed by atoms with van der Waals surface area (Å²) in [5, 5.41) is 19.9. The third-order valence-corrected chi connectivity index (χ3v) is 4.86. The average Bonchev–Trinajstić information content (AvgIpc) is 2.91. The molecule has 6 heteroatoms. The molecule has 1 fully saturated rings. The number of hydrogen-bond acceptors (Lipinski definition) is 4. The highest BCUT2D eigenvalue weighted by atomic mass is 79.9. The van der Waals surface area contributed by atoms with E-state index in [4.69, 9.17) is 5.11 Å². The first-order valence-electron chi connectivity index (χ1n) is 8.24. The van der Waals surface area contributed by atoms with Gasteiger partial charge in [0.15, 0.2) is 0 Å².